The van der Waals surface area contributed by atoms with Crippen LogP contribution in [-0.2, 0) is 10.8 Å². The first-order chi connectivity index (χ1) is 26.7. The summed E-state index contributed by atoms with van der Waals surface area (Å²) in [5.41, 5.74) is 16.2. The molecule has 7 aromatic rings. The van der Waals surface area contributed by atoms with Gasteiger partial charge in [0.1, 0.15) is 0 Å². The predicted octanol–water partition coefficient (Wildman–Crippen LogP) is 14.9. The van der Waals surface area contributed by atoms with E-state index < -0.39 is 0 Å². The van der Waals surface area contributed by atoms with E-state index in [1.165, 1.54) is 124 Å². The lowest BCUT2D eigenvalue weighted by Gasteiger charge is -2.54. The highest BCUT2D eigenvalue weighted by atomic mass is 32.1. The molecule has 3 saturated carbocycles. The number of rotatable bonds is 4. The molecule has 0 aliphatic heterocycles. The molecule has 0 radical (unpaired) electrons. The third-order valence-electron chi connectivity index (χ3n) is 15.1. The van der Waals surface area contributed by atoms with E-state index in [4.69, 9.17) is 0 Å². The Kier molecular flexibility index (Phi) is 6.84. The maximum absolute atomic E-state index is 2.67. The van der Waals surface area contributed by atoms with Crippen LogP contribution in [0.25, 0.3) is 42.4 Å². The highest BCUT2D eigenvalue weighted by Crippen LogP contribution is 2.66. The Hall–Kier alpha value is -4.66. The second-order valence-electron chi connectivity index (χ2n) is 17.4. The molecule has 12 rings (SSSR count). The molecule has 3 fully saturated rings. The number of fused-ring (bicyclic) bond motifs is 16. The van der Waals surface area contributed by atoms with E-state index in [2.05, 4.69) is 139 Å². The first-order valence-electron chi connectivity index (χ1n) is 20.9. The molecule has 1 aromatic heterocycles. The quantitative estimate of drug-likeness (QED) is 0.175. The lowest BCUT2D eigenvalue weighted by atomic mass is 9.50. The van der Waals surface area contributed by atoms with Crippen molar-refractivity contribution in [2.45, 2.75) is 82.0 Å². The summed E-state index contributed by atoms with van der Waals surface area (Å²) in [6.45, 7) is 2.48. The van der Waals surface area contributed by atoms with Gasteiger partial charge in [-0.25, -0.2) is 0 Å². The molecule has 266 valence electrons. The van der Waals surface area contributed by atoms with Crippen LogP contribution in [0.1, 0.15) is 93.4 Å². The first-order valence-corrected chi connectivity index (χ1v) is 21.7. The molecule has 0 N–H and O–H groups in total. The standard InChI is InChI=1S/C52H47NS/c1-2-34-29-33-13-11-14-35(30-33)52(34)44-19-7-4-17-41(44)50-45(52)20-12-21-47(50)53(36-24-26-49-42(31-36)40-16-5-8-22-48(40)54-49)37-23-25-39-38-15-3-6-18-43(38)51(46(39)32-37)27-9-10-28-51/h3-8,12,15-26,31-35H,2,9-11,13-14,27-30H2,1H3. The summed E-state index contributed by atoms with van der Waals surface area (Å²) in [6.07, 6.45) is 13.2. The minimum absolute atomic E-state index is 0.0836. The van der Waals surface area contributed by atoms with Gasteiger partial charge in [0.2, 0.25) is 0 Å². The molecule has 4 atom stereocenters. The summed E-state index contributed by atoms with van der Waals surface area (Å²) in [6, 6.07) is 50.1. The highest BCUT2D eigenvalue weighted by molar-refractivity contribution is 7.25. The van der Waals surface area contributed by atoms with Crippen LogP contribution in [0, 0.1) is 17.8 Å². The van der Waals surface area contributed by atoms with Gasteiger partial charge < -0.3 is 4.90 Å². The zero-order valence-corrected chi connectivity index (χ0v) is 32.1. The SMILES string of the molecule is CCC1CC2CCCC(C2)C12c1ccccc1-c1c(N(c3ccc4c(c3)C3(CCCC3)c3ccccc3-4)c3ccc4sc5ccccc5c4c3)cccc12. The van der Waals surface area contributed by atoms with E-state index >= 15 is 0 Å². The topological polar surface area (TPSA) is 3.24 Å². The summed E-state index contributed by atoms with van der Waals surface area (Å²) in [4.78, 5) is 2.67. The van der Waals surface area contributed by atoms with Gasteiger partial charge in [-0.3, -0.25) is 0 Å². The molecule has 0 amide bonds. The minimum atomic E-state index is 0.0836. The predicted molar refractivity (Wildman–Crippen MR) is 229 cm³/mol. The van der Waals surface area contributed by atoms with E-state index in [9.17, 15) is 0 Å². The maximum Gasteiger partial charge on any atom is 0.0543 e. The summed E-state index contributed by atoms with van der Waals surface area (Å²) >= 11 is 1.91. The molecule has 2 bridgehead atoms. The van der Waals surface area contributed by atoms with Crippen molar-refractivity contribution in [3.05, 3.63) is 150 Å². The van der Waals surface area contributed by atoms with Crippen LogP contribution in [0.2, 0.25) is 0 Å². The van der Waals surface area contributed by atoms with E-state index in [0.29, 0.717) is 11.8 Å². The van der Waals surface area contributed by atoms with E-state index in [0.717, 1.165) is 5.92 Å². The number of benzene rings is 6. The van der Waals surface area contributed by atoms with Crippen LogP contribution in [0.4, 0.5) is 17.1 Å². The first kappa shape index (κ1) is 31.7. The molecular weight excluding hydrogens is 671 g/mol. The molecule has 4 unspecified atom stereocenters. The monoisotopic (exact) mass is 717 g/mol. The Bertz CT molecular complexity index is 2630. The van der Waals surface area contributed by atoms with Gasteiger partial charge in [-0.15, -0.1) is 11.3 Å². The Labute approximate surface area is 323 Å². The van der Waals surface area contributed by atoms with Crippen LogP contribution in [-0.4, -0.2) is 0 Å². The van der Waals surface area contributed by atoms with Crippen molar-refractivity contribution in [1.29, 1.82) is 0 Å². The average Bonchev–Trinajstić information content (AvgIpc) is 3.99. The second-order valence-corrected chi connectivity index (χ2v) is 18.4. The van der Waals surface area contributed by atoms with Crippen LogP contribution < -0.4 is 4.90 Å². The van der Waals surface area contributed by atoms with E-state index in [-0.39, 0.29) is 10.8 Å². The Balaban J connectivity index is 1.13. The molecule has 2 spiro atoms. The van der Waals surface area contributed by atoms with Gasteiger partial charge >= 0.3 is 0 Å². The number of nitrogens with zero attached hydrogens (tertiary/aromatic N) is 1. The largest absolute Gasteiger partial charge is 0.310 e. The van der Waals surface area contributed by atoms with Crippen LogP contribution in [0.5, 0.6) is 0 Å². The maximum atomic E-state index is 2.67. The van der Waals surface area contributed by atoms with E-state index in [1.54, 1.807) is 22.3 Å². The highest BCUT2D eigenvalue weighted by Gasteiger charge is 2.57. The molecule has 1 nitrogen and oxygen atoms in total. The van der Waals surface area contributed by atoms with Crippen LogP contribution in [0.15, 0.2) is 127 Å². The van der Waals surface area contributed by atoms with Crippen molar-refractivity contribution >= 4 is 48.6 Å². The van der Waals surface area contributed by atoms with Crippen molar-refractivity contribution in [2.24, 2.45) is 17.8 Å². The van der Waals surface area contributed by atoms with Gasteiger partial charge in [-0.2, -0.15) is 0 Å². The summed E-state index contributed by atoms with van der Waals surface area (Å²) in [7, 11) is 0. The lowest BCUT2D eigenvalue weighted by Crippen LogP contribution is -2.48. The molecule has 54 heavy (non-hydrogen) atoms. The Morgan fingerprint density at radius 2 is 1.31 bits per heavy atom. The molecule has 1 heterocycles. The second kappa shape index (κ2) is 11.7. The molecule has 5 aliphatic carbocycles. The molecule has 0 saturated heterocycles. The third-order valence-corrected chi connectivity index (χ3v) is 16.3. The molecule has 2 heteroatoms. The van der Waals surface area contributed by atoms with Crippen molar-refractivity contribution in [1.82, 2.24) is 0 Å². The number of hydrogen-bond donors (Lipinski definition) is 0. The summed E-state index contributed by atoms with van der Waals surface area (Å²) in [5, 5.41) is 2.71. The smallest absolute Gasteiger partial charge is 0.0543 e. The van der Waals surface area contributed by atoms with Crippen molar-refractivity contribution in [3.8, 4) is 22.3 Å². The van der Waals surface area contributed by atoms with Gasteiger partial charge in [0, 0.05) is 47.9 Å². The Morgan fingerprint density at radius 1 is 0.593 bits per heavy atom. The third kappa shape index (κ3) is 4.11. The fourth-order valence-corrected chi connectivity index (χ4v) is 14.2. The van der Waals surface area contributed by atoms with Gasteiger partial charge in [0.25, 0.3) is 0 Å². The number of anilines is 3. The van der Waals surface area contributed by atoms with Gasteiger partial charge in [-0.05, 0) is 131 Å². The fourth-order valence-electron chi connectivity index (χ4n) is 13.1. The molecular formula is C52H47NS. The van der Waals surface area contributed by atoms with E-state index in [1.807, 2.05) is 11.3 Å². The van der Waals surface area contributed by atoms with Gasteiger partial charge in [-0.1, -0.05) is 124 Å². The number of thiophene rings is 1. The normalized spacial score (nSPS) is 24.2. The zero-order chi connectivity index (χ0) is 35.6. The summed E-state index contributed by atoms with van der Waals surface area (Å²) in [5.74, 6) is 2.26. The van der Waals surface area contributed by atoms with Crippen molar-refractivity contribution in [3.63, 3.8) is 0 Å². The fraction of sp³-hybridized carbons (Fsp3) is 0.308. The summed E-state index contributed by atoms with van der Waals surface area (Å²) < 4.78 is 2.72. The minimum Gasteiger partial charge on any atom is -0.310 e. The average molecular weight is 718 g/mol. The van der Waals surface area contributed by atoms with Crippen LogP contribution in [0.3, 0.4) is 0 Å². The van der Waals surface area contributed by atoms with Gasteiger partial charge in [0.15, 0.2) is 0 Å². The Morgan fingerprint density at radius 3 is 2.20 bits per heavy atom. The van der Waals surface area contributed by atoms with Crippen molar-refractivity contribution in [2.75, 3.05) is 4.90 Å². The number of hydrogen-bond acceptors (Lipinski definition) is 2. The van der Waals surface area contributed by atoms with Crippen molar-refractivity contribution < 1.29 is 0 Å². The molecule has 5 aliphatic rings. The van der Waals surface area contributed by atoms with Gasteiger partial charge in [0.05, 0.1) is 5.69 Å². The molecule has 6 aromatic carbocycles. The lowest BCUT2D eigenvalue weighted by molar-refractivity contribution is 0.0557. The van der Waals surface area contributed by atoms with Crippen LogP contribution >= 0.6 is 11.3 Å². The zero-order valence-electron chi connectivity index (χ0n) is 31.3.